The molecule has 0 aromatic heterocycles. The average Bonchev–Trinajstić information content (AvgIpc) is 2.75. The first kappa shape index (κ1) is 17.3. The van der Waals surface area contributed by atoms with Gasteiger partial charge in [-0.15, -0.1) is 0 Å². The Balaban J connectivity index is 2.30. The summed E-state index contributed by atoms with van der Waals surface area (Å²) in [5.41, 5.74) is -6.32. The molecule has 1 aliphatic rings. The molecule has 0 amide bonds. The van der Waals surface area contributed by atoms with Crippen molar-refractivity contribution >= 4 is 15.9 Å². The molecule has 0 saturated carbocycles. The quantitative estimate of drug-likeness (QED) is 0.617. The van der Waals surface area contributed by atoms with E-state index in [1.807, 2.05) is 0 Å². The third-order valence-electron chi connectivity index (χ3n) is 3.61. The molecule has 0 N–H and O–H groups in total. The number of ketones is 1. The van der Waals surface area contributed by atoms with Crippen LogP contribution in [0.1, 0.15) is 18.9 Å². The number of carbonyl (C=O) groups is 1. The topological polar surface area (TPSA) is 69.7 Å². The molecule has 23 heavy (non-hydrogen) atoms. The fourth-order valence-corrected chi connectivity index (χ4v) is 2.68. The van der Waals surface area contributed by atoms with Gasteiger partial charge in [0.1, 0.15) is 5.75 Å². The van der Waals surface area contributed by atoms with Crippen molar-refractivity contribution in [2.24, 2.45) is 0 Å². The number of allylic oxidation sites excluding steroid dienone is 2. The Morgan fingerprint density at radius 1 is 1.26 bits per heavy atom. The number of alkyl halides is 3. The summed E-state index contributed by atoms with van der Waals surface area (Å²) in [5, 5.41) is 0. The minimum atomic E-state index is -5.87. The van der Waals surface area contributed by atoms with Gasteiger partial charge >= 0.3 is 15.6 Å². The standard InChI is InChI=1S/C14H13F3O5S/c1-13(9-4-3-5-10(8-9)21-2)7-6-11(12(13)18)22-23(19,20)14(15,16)17/h3-6,8H,7H2,1-2H3/t13-/m1/s1. The highest BCUT2D eigenvalue weighted by Gasteiger charge is 2.51. The number of rotatable bonds is 4. The van der Waals surface area contributed by atoms with Crippen LogP contribution in [0.3, 0.4) is 0 Å². The van der Waals surface area contributed by atoms with E-state index in [4.69, 9.17) is 4.74 Å². The van der Waals surface area contributed by atoms with Crippen LogP contribution in [0, 0.1) is 0 Å². The summed E-state index contributed by atoms with van der Waals surface area (Å²) >= 11 is 0. The lowest BCUT2D eigenvalue weighted by Crippen LogP contribution is -2.32. The van der Waals surface area contributed by atoms with Crippen LogP contribution in [-0.4, -0.2) is 26.8 Å². The molecule has 0 spiro atoms. The van der Waals surface area contributed by atoms with Crippen molar-refractivity contribution in [3.63, 3.8) is 0 Å². The van der Waals surface area contributed by atoms with Crippen LogP contribution >= 0.6 is 0 Å². The van der Waals surface area contributed by atoms with Gasteiger partial charge in [0.2, 0.25) is 5.78 Å². The van der Waals surface area contributed by atoms with Gasteiger partial charge in [-0.3, -0.25) is 4.79 Å². The van der Waals surface area contributed by atoms with E-state index in [1.165, 1.54) is 14.0 Å². The number of methoxy groups -OCH3 is 1. The Bertz CT molecular complexity index is 767. The fraction of sp³-hybridized carbons (Fsp3) is 0.357. The molecule has 5 nitrogen and oxygen atoms in total. The second kappa shape index (κ2) is 5.55. The van der Waals surface area contributed by atoms with Crippen molar-refractivity contribution in [3.8, 4) is 5.75 Å². The molecule has 0 unspecified atom stereocenters. The summed E-state index contributed by atoms with van der Waals surface area (Å²) in [7, 11) is -4.44. The first-order chi connectivity index (χ1) is 10.5. The highest BCUT2D eigenvalue weighted by atomic mass is 32.2. The third-order valence-corrected chi connectivity index (χ3v) is 4.58. The highest BCUT2D eigenvalue weighted by Crippen LogP contribution is 2.40. The van der Waals surface area contributed by atoms with E-state index >= 15 is 0 Å². The maximum absolute atomic E-state index is 12.4. The van der Waals surface area contributed by atoms with Crippen LogP contribution in [0.2, 0.25) is 0 Å². The highest BCUT2D eigenvalue weighted by molar-refractivity contribution is 7.87. The van der Waals surface area contributed by atoms with Gasteiger partial charge < -0.3 is 8.92 Å². The Morgan fingerprint density at radius 3 is 2.48 bits per heavy atom. The Labute approximate surface area is 130 Å². The van der Waals surface area contributed by atoms with E-state index in [0.717, 1.165) is 6.08 Å². The normalized spacial score (nSPS) is 22.0. The maximum atomic E-state index is 12.4. The number of ether oxygens (including phenoxy) is 1. The monoisotopic (exact) mass is 350 g/mol. The molecule has 126 valence electrons. The molecule has 1 aromatic carbocycles. The molecule has 0 heterocycles. The minimum absolute atomic E-state index is 0.0156. The Hall–Kier alpha value is -2.03. The first-order valence-corrected chi connectivity index (χ1v) is 7.82. The van der Waals surface area contributed by atoms with Crippen LogP contribution in [0.15, 0.2) is 36.1 Å². The van der Waals surface area contributed by atoms with Crippen LogP contribution in [0.25, 0.3) is 0 Å². The van der Waals surface area contributed by atoms with Gasteiger partial charge in [-0.05, 0) is 37.1 Å². The second-order valence-corrected chi connectivity index (χ2v) is 6.69. The van der Waals surface area contributed by atoms with Gasteiger partial charge in [0.05, 0.1) is 12.5 Å². The van der Waals surface area contributed by atoms with Crippen molar-refractivity contribution in [2.75, 3.05) is 7.11 Å². The number of benzene rings is 1. The summed E-state index contributed by atoms with van der Waals surface area (Å²) < 4.78 is 68.2. The van der Waals surface area contributed by atoms with Crippen LogP contribution in [0.4, 0.5) is 13.2 Å². The maximum Gasteiger partial charge on any atom is 0.534 e. The van der Waals surface area contributed by atoms with E-state index in [2.05, 4.69) is 4.18 Å². The van der Waals surface area contributed by atoms with E-state index < -0.39 is 32.6 Å². The van der Waals surface area contributed by atoms with Gasteiger partial charge in [0.25, 0.3) is 0 Å². The summed E-state index contributed by atoms with van der Waals surface area (Å²) in [6.07, 6.45) is 1.06. The Kier molecular flexibility index (Phi) is 4.18. The predicted molar refractivity (Wildman–Crippen MR) is 74.1 cm³/mol. The molecular weight excluding hydrogens is 337 g/mol. The molecule has 0 saturated heterocycles. The van der Waals surface area contributed by atoms with E-state index in [9.17, 15) is 26.4 Å². The third kappa shape index (κ3) is 3.05. The lowest BCUT2D eigenvalue weighted by Gasteiger charge is -2.23. The number of carbonyl (C=O) groups excluding carboxylic acids is 1. The van der Waals surface area contributed by atoms with E-state index in [1.54, 1.807) is 24.3 Å². The van der Waals surface area contributed by atoms with Crippen molar-refractivity contribution in [1.29, 1.82) is 0 Å². The molecule has 0 bridgehead atoms. The van der Waals surface area contributed by atoms with Gasteiger partial charge in [-0.1, -0.05) is 12.1 Å². The number of hydrogen-bond acceptors (Lipinski definition) is 5. The zero-order chi connectivity index (χ0) is 17.5. The zero-order valence-electron chi connectivity index (χ0n) is 12.2. The summed E-state index contributed by atoms with van der Waals surface area (Å²) in [6, 6.07) is 6.44. The largest absolute Gasteiger partial charge is 0.534 e. The number of hydrogen-bond donors (Lipinski definition) is 0. The smallest absolute Gasteiger partial charge is 0.497 e. The summed E-state index contributed by atoms with van der Waals surface area (Å²) in [6.45, 7) is 1.50. The van der Waals surface area contributed by atoms with Crippen LogP contribution < -0.4 is 4.74 Å². The average molecular weight is 350 g/mol. The molecule has 1 aliphatic carbocycles. The van der Waals surface area contributed by atoms with Crippen LogP contribution in [-0.2, 0) is 24.5 Å². The zero-order valence-corrected chi connectivity index (χ0v) is 13.0. The molecule has 1 aromatic rings. The van der Waals surface area contributed by atoms with Gasteiger partial charge in [0, 0.05) is 0 Å². The lowest BCUT2D eigenvalue weighted by molar-refractivity contribution is -0.121. The van der Waals surface area contributed by atoms with E-state index in [0.29, 0.717) is 11.3 Å². The van der Waals surface area contributed by atoms with Crippen molar-refractivity contribution in [2.45, 2.75) is 24.3 Å². The minimum Gasteiger partial charge on any atom is -0.497 e. The number of Topliss-reactive ketones (excluding diaryl/α,β-unsaturated/α-hetero) is 1. The molecule has 0 aliphatic heterocycles. The Morgan fingerprint density at radius 2 is 1.91 bits per heavy atom. The number of halogens is 3. The van der Waals surface area contributed by atoms with Gasteiger partial charge in [-0.25, -0.2) is 0 Å². The summed E-state index contributed by atoms with van der Waals surface area (Å²) in [5.74, 6) is -1.19. The SMILES string of the molecule is COc1cccc([C@@]2(C)CC=C(OS(=O)(=O)C(F)(F)F)C2=O)c1. The predicted octanol–water partition coefficient (Wildman–Crippen LogP) is 2.68. The second-order valence-electron chi connectivity index (χ2n) is 5.15. The molecule has 2 rings (SSSR count). The van der Waals surface area contributed by atoms with Crippen molar-refractivity contribution in [3.05, 3.63) is 41.7 Å². The fourth-order valence-electron chi connectivity index (χ4n) is 2.21. The molecule has 0 radical (unpaired) electrons. The van der Waals surface area contributed by atoms with Crippen LogP contribution in [0.5, 0.6) is 5.75 Å². The lowest BCUT2D eigenvalue weighted by atomic mass is 9.79. The molecule has 9 heteroatoms. The van der Waals surface area contributed by atoms with Crippen molar-refractivity contribution < 1.29 is 35.3 Å². The molecule has 0 fully saturated rings. The van der Waals surface area contributed by atoms with Gasteiger partial charge in [0.15, 0.2) is 5.76 Å². The van der Waals surface area contributed by atoms with Gasteiger partial charge in [-0.2, -0.15) is 21.6 Å². The van der Waals surface area contributed by atoms with E-state index in [-0.39, 0.29) is 6.42 Å². The molecular formula is C14H13F3O5S. The molecule has 1 atom stereocenters. The summed E-state index contributed by atoms with van der Waals surface area (Å²) in [4.78, 5) is 12.4. The van der Waals surface area contributed by atoms with Crippen molar-refractivity contribution in [1.82, 2.24) is 0 Å². The first-order valence-electron chi connectivity index (χ1n) is 6.41.